The molecule has 17 heavy (non-hydrogen) atoms. The second-order valence-electron chi connectivity index (χ2n) is 3.70. The lowest BCUT2D eigenvalue weighted by molar-refractivity contribution is -0.108. The van der Waals surface area contributed by atoms with Crippen molar-refractivity contribution < 1.29 is 13.6 Å². The van der Waals surface area contributed by atoms with Crippen LogP contribution in [0.4, 0.5) is 8.78 Å². The van der Waals surface area contributed by atoms with E-state index < -0.39 is 11.6 Å². The van der Waals surface area contributed by atoms with Crippen LogP contribution in [0.25, 0.3) is 5.57 Å². The van der Waals surface area contributed by atoms with Gasteiger partial charge >= 0.3 is 0 Å². The molecule has 1 aromatic rings. The Kier molecular flexibility index (Phi) is 4.15. The monoisotopic (exact) mass is 237 g/mol. The normalized spacial score (nSPS) is 11.2. The molecule has 0 aliphatic heterocycles. The van der Waals surface area contributed by atoms with E-state index >= 15 is 0 Å². The molecule has 0 heterocycles. The molecule has 0 unspecified atom stereocenters. The van der Waals surface area contributed by atoms with E-state index in [9.17, 15) is 13.6 Å². The Hall–Kier alpha value is -1.97. The van der Waals surface area contributed by atoms with Gasteiger partial charge in [-0.05, 0) is 42.7 Å². The van der Waals surface area contributed by atoms with Crippen LogP contribution in [0, 0.1) is 18.6 Å². The highest BCUT2D eigenvalue weighted by atomic mass is 19.2. The first kappa shape index (κ1) is 13.1. The van der Waals surface area contributed by atoms with E-state index in [2.05, 4.69) is 11.9 Å². The van der Waals surface area contributed by atoms with Crippen LogP contribution in [0.5, 0.6) is 0 Å². The summed E-state index contributed by atoms with van der Waals surface area (Å²) in [7, 11) is 0. The Morgan fingerprint density at radius 2 is 1.94 bits per heavy atom. The number of hydrogen-bond acceptors (Lipinski definition) is 1. The van der Waals surface area contributed by atoms with Crippen molar-refractivity contribution in [1.29, 1.82) is 0 Å². The van der Waals surface area contributed by atoms with Gasteiger partial charge in [0.1, 0.15) is 0 Å². The minimum Gasteiger partial charge on any atom is -0.335 e. The summed E-state index contributed by atoms with van der Waals surface area (Å²) in [5.41, 5.74) is 2.29. The summed E-state index contributed by atoms with van der Waals surface area (Å²) in [6, 6.07) is 2.21. The maximum atomic E-state index is 13.2. The average molecular weight is 237 g/mol. The molecule has 1 amide bonds. The van der Waals surface area contributed by atoms with E-state index in [1.165, 1.54) is 6.20 Å². The molecule has 0 fully saturated rings. The SMILES string of the molecule is C=C(C)/C(=C/NC=O)c1cc(F)c(F)cc1C. The second kappa shape index (κ2) is 5.39. The number of carbonyl (C=O) groups is 1. The average Bonchev–Trinajstić information content (AvgIpc) is 2.25. The van der Waals surface area contributed by atoms with Gasteiger partial charge in [-0.2, -0.15) is 0 Å². The maximum absolute atomic E-state index is 13.2. The number of aryl methyl sites for hydroxylation is 1. The van der Waals surface area contributed by atoms with Crippen LogP contribution in [0.15, 0.2) is 30.5 Å². The van der Waals surface area contributed by atoms with Gasteiger partial charge in [-0.15, -0.1) is 0 Å². The topological polar surface area (TPSA) is 29.1 Å². The molecule has 2 nitrogen and oxygen atoms in total. The lowest BCUT2D eigenvalue weighted by atomic mass is 9.96. The molecule has 0 saturated carbocycles. The zero-order valence-electron chi connectivity index (χ0n) is 9.68. The van der Waals surface area contributed by atoms with Gasteiger partial charge in [-0.1, -0.05) is 6.58 Å². The quantitative estimate of drug-likeness (QED) is 0.633. The molecule has 0 aliphatic rings. The molecular weight excluding hydrogens is 224 g/mol. The summed E-state index contributed by atoms with van der Waals surface area (Å²) in [5.74, 6) is -1.82. The Labute approximate surface area is 98.6 Å². The van der Waals surface area contributed by atoms with Crippen molar-refractivity contribution in [2.45, 2.75) is 13.8 Å². The minimum absolute atomic E-state index is 0.498. The summed E-state index contributed by atoms with van der Waals surface area (Å²) < 4.78 is 26.2. The Morgan fingerprint density at radius 3 is 2.47 bits per heavy atom. The smallest absolute Gasteiger partial charge is 0.211 e. The third kappa shape index (κ3) is 3.00. The lowest BCUT2D eigenvalue weighted by Crippen LogP contribution is -2.03. The van der Waals surface area contributed by atoms with Gasteiger partial charge in [0.05, 0.1) is 0 Å². The van der Waals surface area contributed by atoms with E-state index in [0.717, 1.165) is 12.1 Å². The summed E-state index contributed by atoms with van der Waals surface area (Å²) in [5, 5.41) is 2.37. The number of nitrogens with one attached hydrogen (secondary N) is 1. The predicted molar refractivity (Wildman–Crippen MR) is 63.1 cm³/mol. The van der Waals surface area contributed by atoms with Crippen LogP contribution in [-0.4, -0.2) is 6.41 Å². The van der Waals surface area contributed by atoms with Crippen molar-refractivity contribution >= 4 is 12.0 Å². The van der Waals surface area contributed by atoms with Gasteiger partial charge in [-0.25, -0.2) is 8.78 Å². The van der Waals surface area contributed by atoms with Crippen LogP contribution < -0.4 is 5.32 Å². The van der Waals surface area contributed by atoms with E-state index in [1.807, 2.05) is 0 Å². The number of carbonyl (C=O) groups excluding carboxylic acids is 1. The Balaban J connectivity index is 3.33. The minimum atomic E-state index is -0.927. The summed E-state index contributed by atoms with van der Waals surface area (Å²) >= 11 is 0. The molecule has 0 aliphatic carbocycles. The highest BCUT2D eigenvalue weighted by Gasteiger charge is 2.11. The molecule has 0 aromatic heterocycles. The number of rotatable bonds is 4. The lowest BCUT2D eigenvalue weighted by Gasteiger charge is -2.11. The van der Waals surface area contributed by atoms with Gasteiger partial charge < -0.3 is 5.32 Å². The van der Waals surface area contributed by atoms with Crippen LogP contribution >= 0.6 is 0 Å². The fraction of sp³-hybridized carbons (Fsp3) is 0.154. The molecular formula is C13H13F2NO. The van der Waals surface area contributed by atoms with Crippen molar-refractivity contribution in [3.05, 3.63) is 53.2 Å². The molecule has 0 saturated heterocycles. The largest absolute Gasteiger partial charge is 0.335 e. The molecule has 0 spiro atoms. The molecule has 4 heteroatoms. The number of allylic oxidation sites excluding steroid dienone is 2. The summed E-state index contributed by atoms with van der Waals surface area (Å²) in [6.07, 6.45) is 1.91. The highest BCUT2D eigenvalue weighted by molar-refractivity contribution is 5.80. The maximum Gasteiger partial charge on any atom is 0.211 e. The van der Waals surface area contributed by atoms with Crippen LogP contribution in [0.1, 0.15) is 18.1 Å². The zero-order chi connectivity index (χ0) is 13.0. The molecule has 0 radical (unpaired) electrons. The predicted octanol–water partition coefficient (Wildman–Crippen LogP) is 2.94. The van der Waals surface area contributed by atoms with Crippen molar-refractivity contribution in [3.63, 3.8) is 0 Å². The van der Waals surface area contributed by atoms with Crippen molar-refractivity contribution in [2.24, 2.45) is 0 Å². The molecule has 1 aromatic carbocycles. The number of amides is 1. The highest BCUT2D eigenvalue weighted by Crippen LogP contribution is 2.26. The van der Waals surface area contributed by atoms with Gasteiger partial charge in [0.15, 0.2) is 11.6 Å². The van der Waals surface area contributed by atoms with Gasteiger partial charge in [0.2, 0.25) is 6.41 Å². The van der Waals surface area contributed by atoms with E-state index in [-0.39, 0.29) is 0 Å². The van der Waals surface area contributed by atoms with Crippen LogP contribution in [0.2, 0.25) is 0 Å². The van der Waals surface area contributed by atoms with Crippen molar-refractivity contribution in [1.82, 2.24) is 5.32 Å². The molecule has 1 N–H and O–H groups in total. The number of hydrogen-bond donors (Lipinski definition) is 1. The van der Waals surface area contributed by atoms with E-state index in [0.29, 0.717) is 28.7 Å². The fourth-order valence-corrected chi connectivity index (χ4v) is 1.48. The molecule has 0 bridgehead atoms. The molecule has 1 rings (SSSR count). The summed E-state index contributed by atoms with van der Waals surface area (Å²) in [4.78, 5) is 10.2. The zero-order valence-corrected chi connectivity index (χ0v) is 9.68. The van der Waals surface area contributed by atoms with Crippen LogP contribution in [0.3, 0.4) is 0 Å². The van der Waals surface area contributed by atoms with Gasteiger partial charge in [-0.3, -0.25) is 4.79 Å². The van der Waals surface area contributed by atoms with Crippen molar-refractivity contribution in [3.8, 4) is 0 Å². The summed E-state index contributed by atoms with van der Waals surface area (Å²) in [6.45, 7) is 7.12. The number of benzene rings is 1. The first-order chi connectivity index (χ1) is 7.97. The fourth-order valence-electron chi connectivity index (χ4n) is 1.48. The van der Waals surface area contributed by atoms with Gasteiger partial charge in [0.25, 0.3) is 0 Å². The van der Waals surface area contributed by atoms with E-state index in [1.54, 1.807) is 13.8 Å². The number of halogens is 2. The Bertz CT molecular complexity index is 492. The standard InChI is InChI=1S/C13H13F2NO/c1-8(2)11(6-16-7-17)10-5-13(15)12(14)4-9(10)3/h4-7H,1H2,2-3H3,(H,16,17)/b11-6-. The molecule has 0 atom stereocenters. The second-order valence-corrected chi connectivity index (χ2v) is 3.70. The van der Waals surface area contributed by atoms with Crippen molar-refractivity contribution in [2.75, 3.05) is 0 Å². The van der Waals surface area contributed by atoms with Crippen LogP contribution in [-0.2, 0) is 4.79 Å². The first-order valence-electron chi connectivity index (χ1n) is 4.99. The third-order valence-electron chi connectivity index (χ3n) is 2.31. The van der Waals surface area contributed by atoms with Gasteiger partial charge in [0, 0.05) is 11.8 Å². The first-order valence-corrected chi connectivity index (χ1v) is 4.99. The van der Waals surface area contributed by atoms with E-state index in [4.69, 9.17) is 0 Å². The Morgan fingerprint density at radius 1 is 1.35 bits per heavy atom. The third-order valence-corrected chi connectivity index (χ3v) is 2.31. The molecule has 90 valence electrons.